The predicted octanol–water partition coefficient (Wildman–Crippen LogP) is 17.0. The van der Waals surface area contributed by atoms with Gasteiger partial charge in [-0.3, -0.25) is 0 Å². The summed E-state index contributed by atoms with van der Waals surface area (Å²) in [7, 11) is 2.20. The molecule has 0 bridgehead atoms. The van der Waals surface area contributed by atoms with E-state index in [4.69, 9.17) is 0 Å². The van der Waals surface area contributed by atoms with E-state index in [9.17, 15) is 0 Å². The zero-order valence-corrected chi connectivity index (χ0v) is 36.1. The van der Waals surface area contributed by atoms with Gasteiger partial charge in [-0.15, -0.1) is 0 Å². The number of fused-ring (bicyclic) bond motifs is 8. The van der Waals surface area contributed by atoms with Crippen molar-refractivity contribution in [3.63, 3.8) is 0 Å². The van der Waals surface area contributed by atoms with Crippen LogP contribution < -0.4 is 4.90 Å². The summed E-state index contributed by atoms with van der Waals surface area (Å²) in [5.41, 5.74) is 16.1. The van der Waals surface area contributed by atoms with Gasteiger partial charge in [0.25, 0.3) is 0 Å². The van der Waals surface area contributed by atoms with Crippen LogP contribution in [0.2, 0.25) is 0 Å². The van der Waals surface area contributed by atoms with Crippen molar-refractivity contribution in [3.8, 4) is 44.5 Å². The fraction of sp³-hybridized carbons (Fsp3) is 0.133. The third-order valence-electron chi connectivity index (χ3n) is 13.7. The maximum atomic E-state index is 17.1. The van der Waals surface area contributed by atoms with E-state index in [1.54, 1.807) is 6.07 Å². The Balaban J connectivity index is 1.18. The number of benzene rings is 9. The molecule has 10 aromatic rings. The first-order valence-electron chi connectivity index (χ1n) is 22.5. The smallest absolute Gasteiger partial charge is 0.132 e. The highest BCUT2D eigenvalue weighted by atomic mass is 19.1. The van der Waals surface area contributed by atoms with Crippen molar-refractivity contribution in [2.75, 3.05) is 4.90 Å². The van der Waals surface area contributed by atoms with Crippen LogP contribution >= 0.6 is 0 Å². The summed E-state index contributed by atoms with van der Waals surface area (Å²) in [4.78, 5) is 2.50. The van der Waals surface area contributed by atoms with Crippen molar-refractivity contribution in [1.29, 1.82) is 0 Å². The van der Waals surface area contributed by atoms with Gasteiger partial charge in [0.1, 0.15) is 5.82 Å². The molecule has 0 aliphatic heterocycles. The first-order valence-corrected chi connectivity index (χ1v) is 22.5. The standard InChI is InChI=1S/C60H49FN2/c1-4-34-60(35-5-2)51-37-42(57-50(41-22-11-7-12-23-41)36-43(38-53(57)61)40-20-9-6-10-21-40)32-33-49(51)58-47-28-16-15-26-45(47)56(39-52(58)60)63(44-24-13-8-14-25-44)55-31-19-29-48-46-27-17-18-30-54(46)62(3)59(48)55/h6-33,36-39H,4-5,34-35H2,1-3H3. The molecular weight excluding hydrogens is 768 g/mol. The zero-order valence-electron chi connectivity index (χ0n) is 36.1. The number of nitrogens with zero attached hydrogens (tertiary/aromatic N) is 2. The highest BCUT2D eigenvalue weighted by Crippen LogP contribution is 2.59. The predicted molar refractivity (Wildman–Crippen MR) is 265 cm³/mol. The van der Waals surface area contributed by atoms with E-state index in [1.807, 2.05) is 36.4 Å². The van der Waals surface area contributed by atoms with E-state index in [2.05, 4.69) is 182 Å². The molecule has 1 aromatic heterocycles. The maximum absolute atomic E-state index is 17.1. The van der Waals surface area contributed by atoms with E-state index < -0.39 is 0 Å². The highest BCUT2D eigenvalue weighted by Gasteiger charge is 2.44. The van der Waals surface area contributed by atoms with Crippen molar-refractivity contribution in [3.05, 3.63) is 211 Å². The highest BCUT2D eigenvalue weighted by molar-refractivity contribution is 6.16. The lowest BCUT2D eigenvalue weighted by Crippen LogP contribution is -2.25. The molecule has 3 heteroatoms. The van der Waals surface area contributed by atoms with Crippen molar-refractivity contribution < 1.29 is 4.39 Å². The van der Waals surface area contributed by atoms with Crippen LogP contribution in [-0.2, 0) is 12.5 Å². The van der Waals surface area contributed by atoms with Gasteiger partial charge in [-0.05, 0) is 117 Å². The summed E-state index contributed by atoms with van der Waals surface area (Å²) in [5, 5.41) is 4.92. The number of aryl methyl sites for hydroxylation is 1. The molecular formula is C60H49FN2. The third kappa shape index (κ3) is 6.13. The summed E-state index contributed by atoms with van der Waals surface area (Å²) in [5.74, 6) is -0.212. The molecule has 0 spiro atoms. The fourth-order valence-corrected chi connectivity index (χ4v) is 11.1. The molecule has 0 fully saturated rings. The topological polar surface area (TPSA) is 8.17 Å². The van der Waals surface area contributed by atoms with Crippen molar-refractivity contribution in [2.24, 2.45) is 7.05 Å². The second-order valence-corrected chi connectivity index (χ2v) is 17.2. The molecule has 0 amide bonds. The average molecular weight is 817 g/mol. The number of halogens is 1. The SMILES string of the molecule is CCCC1(CCC)c2cc(-c3c(F)cc(-c4ccccc4)cc3-c3ccccc3)ccc2-c2c1cc(N(c1ccccc1)c1cccc3c4ccccc4n(C)c13)c1ccccc21. The number of aromatic nitrogens is 1. The Morgan fingerprint density at radius 3 is 1.79 bits per heavy atom. The maximum Gasteiger partial charge on any atom is 0.132 e. The van der Waals surface area contributed by atoms with Gasteiger partial charge in [-0.1, -0.05) is 172 Å². The minimum atomic E-state index is -0.287. The molecule has 0 atom stereocenters. The molecule has 0 N–H and O–H groups in total. The molecule has 0 saturated carbocycles. The molecule has 1 aliphatic carbocycles. The zero-order chi connectivity index (χ0) is 42.7. The molecule has 0 saturated heterocycles. The van der Waals surface area contributed by atoms with Crippen LogP contribution in [-0.4, -0.2) is 4.57 Å². The van der Waals surface area contributed by atoms with E-state index in [0.29, 0.717) is 5.56 Å². The summed E-state index contributed by atoms with van der Waals surface area (Å²) in [6.07, 6.45) is 3.98. The van der Waals surface area contributed by atoms with Gasteiger partial charge in [-0.25, -0.2) is 4.39 Å². The number of para-hydroxylation sites is 3. The quantitative estimate of drug-likeness (QED) is 0.133. The Labute approximate surface area is 369 Å². The van der Waals surface area contributed by atoms with Crippen molar-refractivity contribution in [1.82, 2.24) is 4.57 Å². The van der Waals surface area contributed by atoms with E-state index >= 15 is 4.39 Å². The summed E-state index contributed by atoms with van der Waals surface area (Å²) in [6.45, 7) is 4.63. The van der Waals surface area contributed by atoms with Crippen LogP contribution in [0, 0.1) is 5.82 Å². The monoisotopic (exact) mass is 816 g/mol. The van der Waals surface area contributed by atoms with Gasteiger partial charge >= 0.3 is 0 Å². The largest absolute Gasteiger partial charge is 0.342 e. The van der Waals surface area contributed by atoms with Crippen LogP contribution in [0.3, 0.4) is 0 Å². The van der Waals surface area contributed by atoms with Crippen molar-refractivity contribution in [2.45, 2.75) is 44.9 Å². The van der Waals surface area contributed by atoms with E-state index in [1.165, 1.54) is 54.8 Å². The Kier molecular flexibility index (Phi) is 9.57. The summed E-state index contributed by atoms with van der Waals surface area (Å²) in [6, 6.07) is 69.0. The van der Waals surface area contributed by atoms with Crippen LogP contribution in [0.4, 0.5) is 21.5 Å². The lowest BCUT2D eigenvalue weighted by molar-refractivity contribution is 0.436. The minimum Gasteiger partial charge on any atom is -0.342 e. The van der Waals surface area contributed by atoms with Gasteiger partial charge in [0.2, 0.25) is 0 Å². The molecule has 1 heterocycles. The Morgan fingerprint density at radius 2 is 1.08 bits per heavy atom. The second-order valence-electron chi connectivity index (χ2n) is 17.2. The fourth-order valence-electron chi connectivity index (χ4n) is 11.1. The Morgan fingerprint density at radius 1 is 0.460 bits per heavy atom. The Bertz CT molecular complexity index is 3320. The number of rotatable bonds is 10. The van der Waals surface area contributed by atoms with Gasteiger partial charge in [0.05, 0.1) is 16.9 Å². The first kappa shape index (κ1) is 38.7. The molecule has 0 unspecified atom stereocenters. The number of hydrogen-bond acceptors (Lipinski definition) is 1. The number of anilines is 3. The van der Waals surface area contributed by atoms with E-state index in [0.717, 1.165) is 70.6 Å². The van der Waals surface area contributed by atoms with Gasteiger partial charge in [0.15, 0.2) is 0 Å². The lowest BCUT2D eigenvalue weighted by Gasteiger charge is -2.34. The number of hydrogen-bond donors (Lipinski definition) is 0. The molecule has 9 aromatic carbocycles. The van der Waals surface area contributed by atoms with Gasteiger partial charge in [-0.2, -0.15) is 0 Å². The van der Waals surface area contributed by atoms with Crippen LogP contribution in [0.1, 0.15) is 50.7 Å². The normalized spacial score (nSPS) is 12.8. The van der Waals surface area contributed by atoms with Crippen LogP contribution in [0.5, 0.6) is 0 Å². The second kappa shape index (κ2) is 15.6. The average Bonchev–Trinajstić information content (AvgIpc) is 3.78. The summed E-state index contributed by atoms with van der Waals surface area (Å²) >= 11 is 0. The first-order chi connectivity index (χ1) is 31.0. The molecule has 11 rings (SSSR count). The van der Waals surface area contributed by atoms with Gasteiger partial charge < -0.3 is 9.47 Å². The molecule has 0 radical (unpaired) electrons. The van der Waals surface area contributed by atoms with Crippen LogP contribution in [0.15, 0.2) is 194 Å². The van der Waals surface area contributed by atoms with Crippen molar-refractivity contribution >= 4 is 49.6 Å². The molecule has 2 nitrogen and oxygen atoms in total. The van der Waals surface area contributed by atoms with Gasteiger partial charge in [0, 0.05) is 45.4 Å². The Hall–Kier alpha value is -7.23. The molecule has 63 heavy (non-hydrogen) atoms. The molecule has 306 valence electrons. The minimum absolute atomic E-state index is 0.212. The third-order valence-corrected chi connectivity index (χ3v) is 13.7. The van der Waals surface area contributed by atoms with E-state index in [-0.39, 0.29) is 11.2 Å². The molecule has 1 aliphatic rings. The lowest BCUT2D eigenvalue weighted by atomic mass is 9.70. The van der Waals surface area contributed by atoms with Crippen LogP contribution in [0.25, 0.3) is 77.1 Å². The summed E-state index contributed by atoms with van der Waals surface area (Å²) < 4.78 is 19.5.